The first-order chi connectivity index (χ1) is 10.5. The predicted molar refractivity (Wildman–Crippen MR) is 96.0 cm³/mol. The van der Waals surface area contributed by atoms with Gasteiger partial charge in [-0.05, 0) is 30.9 Å². The van der Waals surface area contributed by atoms with E-state index in [9.17, 15) is 4.79 Å². The summed E-state index contributed by atoms with van der Waals surface area (Å²) in [5, 5.41) is 8.27. The van der Waals surface area contributed by atoms with Gasteiger partial charge in [-0.2, -0.15) is 0 Å². The predicted octanol–water partition coefficient (Wildman–Crippen LogP) is 5.02. The van der Waals surface area contributed by atoms with Crippen LogP contribution in [0.3, 0.4) is 0 Å². The van der Waals surface area contributed by atoms with Gasteiger partial charge >= 0.3 is 0 Å². The van der Waals surface area contributed by atoms with Gasteiger partial charge < -0.3 is 0 Å². The Morgan fingerprint density at radius 3 is 2.36 bits per heavy atom. The minimum atomic E-state index is -0.0608. The topological polar surface area (TPSA) is 42.9 Å². The first-order valence-electron chi connectivity index (χ1n) is 7.18. The van der Waals surface area contributed by atoms with Crippen molar-refractivity contribution in [1.82, 2.24) is 10.2 Å². The molecule has 0 aliphatic rings. The largest absolute Gasteiger partial charge is 0.299 e. The highest BCUT2D eigenvalue weighted by Crippen LogP contribution is 2.32. The van der Waals surface area contributed by atoms with Crippen molar-refractivity contribution in [2.75, 3.05) is 0 Å². The molecule has 0 spiro atoms. The molecular formula is C16H20N2OS3. The molecule has 1 heterocycles. The number of benzene rings is 1. The van der Waals surface area contributed by atoms with Gasteiger partial charge in [-0.1, -0.05) is 73.0 Å². The van der Waals surface area contributed by atoms with Crippen LogP contribution in [-0.2, 0) is 10.5 Å². The summed E-state index contributed by atoms with van der Waals surface area (Å²) in [6.07, 6.45) is 0. The number of aromatic nitrogens is 2. The highest BCUT2D eigenvalue weighted by molar-refractivity contribution is 8.03. The molecule has 1 atom stereocenters. The van der Waals surface area contributed by atoms with E-state index in [-0.39, 0.29) is 11.0 Å². The molecule has 0 N–H and O–H groups in total. The van der Waals surface area contributed by atoms with Crippen LogP contribution >= 0.6 is 34.9 Å². The maximum Gasteiger partial charge on any atom is 0.175 e. The molecule has 1 aromatic heterocycles. The van der Waals surface area contributed by atoms with E-state index in [0.717, 1.165) is 14.4 Å². The second-order valence-corrected chi connectivity index (χ2v) is 9.18. The van der Waals surface area contributed by atoms with Crippen LogP contribution in [0.5, 0.6) is 0 Å². The van der Waals surface area contributed by atoms with E-state index in [1.54, 1.807) is 30.0 Å². The summed E-state index contributed by atoms with van der Waals surface area (Å²) in [5.41, 5.74) is 2.65. The lowest BCUT2D eigenvalue weighted by Crippen LogP contribution is -2.07. The SMILES string of the molecule is CC(=O)C(C)Sc1nnc(SCc2ccc(C(C)C)cc2)s1. The molecule has 0 aliphatic carbocycles. The van der Waals surface area contributed by atoms with Crippen LogP contribution in [0, 0.1) is 0 Å². The summed E-state index contributed by atoms with van der Waals surface area (Å²) in [4.78, 5) is 11.3. The Hall–Kier alpha value is -0.850. The highest BCUT2D eigenvalue weighted by atomic mass is 32.2. The van der Waals surface area contributed by atoms with Crippen LogP contribution in [0.1, 0.15) is 44.7 Å². The summed E-state index contributed by atoms with van der Waals surface area (Å²) in [5.74, 6) is 1.62. The molecule has 2 aromatic rings. The van der Waals surface area contributed by atoms with Crippen molar-refractivity contribution in [1.29, 1.82) is 0 Å². The first kappa shape index (κ1) is 17.5. The molecule has 2 rings (SSSR count). The maximum absolute atomic E-state index is 11.3. The van der Waals surface area contributed by atoms with Gasteiger partial charge in [0.25, 0.3) is 0 Å². The normalized spacial score (nSPS) is 12.6. The second-order valence-electron chi connectivity index (χ2n) is 5.39. The molecule has 118 valence electrons. The zero-order valence-electron chi connectivity index (χ0n) is 13.2. The van der Waals surface area contributed by atoms with Crippen LogP contribution in [0.25, 0.3) is 0 Å². The van der Waals surface area contributed by atoms with Gasteiger partial charge in [0.1, 0.15) is 5.78 Å². The zero-order valence-corrected chi connectivity index (χ0v) is 15.6. The average molecular weight is 353 g/mol. The van der Waals surface area contributed by atoms with Crippen molar-refractivity contribution >= 4 is 40.6 Å². The van der Waals surface area contributed by atoms with E-state index in [0.29, 0.717) is 5.92 Å². The third-order valence-corrected chi connectivity index (χ3v) is 6.68. The van der Waals surface area contributed by atoms with E-state index in [1.807, 2.05) is 6.92 Å². The number of rotatable bonds is 7. The number of thioether (sulfide) groups is 2. The second kappa shape index (κ2) is 8.13. The summed E-state index contributed by atoms with van der Waals surface area (Å²) in [6, 6.07) is 8.74. The van der Waals surface area contributed by atoms with Crippen molar-refractivity contribution < 1.29 is 4.79 Å². The first-order valence-corrected chi connectivity index (χ1v) is 9.86. The van der Waals surface area contributed by atoms with Crippen molar-refractivity contribution in [3.05, 3.63) is 35.4 Å². The van der Waals surface area contributed by atoms with Gasteiger partial charge in [-0.15, -0.1) is 10.2 Å². The Morgan fingerprint density at radius 1 is 1.14 bits per heavy atom. The molecular weight excluding hydrogens is 332 g/mol. The fourth-order valence-corrected chi connectivity index (χ4v) is 4.80. The van der Waals surface area contributed by atoms with E-state index in [4.69, 9.17) is 0 Å². The van der Waals surface area contributed by atoms with E-state index in [2.05, 4.69) is 48.3 Å². The number of nitrogens with zero attached hydrogens (tertiary/aromatic N) is 2. The number of carbonyl (C=O) groups excluding carboxylic acids is 1. The minimum Gasteiger partial charge on any atom is -0.299 e. The smallest absolute Gasteiger partial charge is 0.175 e. The van der Waals surface area contributed by atoms with Gasteiger partial charge in [-0.25, -0.2) is 0 Å². The summed E-state index contributed by atoms with van der Waals surface area (Å²) in [7, 11) is 0. The van der Waals surface area contributed by atoms with Gasteiger partial charge in [-0.3, -0.25) is 4.79 Å². The number of ketones is 1. The third-order valence-electron chi connectivity index (χ3n) is 3.25. The summed E-state index contributed by atoms with van der Waals surface area (Å²) < 4.78 is 1.81. The lowest BCUT2D eigenvalue weighted by Gasteiger charge is -2.06. The summed E-state index contributed by atoms with van der Waals surface area (Å²) in [6.45, 7) is 7.91. The van der Waals surface area contributed by atoms with Crippen molar-refractivity contribution in [2.24, 2.45) is 0 Å². The monoisotopic (exact) mass is 352 g/mol. The van der Waals surface area contributed by atoms with E-state index < -0.39 is 0 Å². The molecule has 0 saturated heterocycles. The van der Waals surface area contributed by atoms with Crippen LogP contribution in [0.2, 0.25) is 0 Å². The minimum absolute atomic E-state index is 0.0608. The molecule has 1 unspecified atom stereocenters. The number of carbonyl (C=O) groups is 1. The fourth-order valence-electron chi connectivity index (χ4n) is 1.68. The Labute approximate surface area is 144 Å². The lowest BCUT2D eigenvalue weighted by molar-refractivity contribution is -0.116. The Balaban J connectivity index is 1.89. The highest BCUT2D eigenvalue weighted by Gasteiger charge is 2.13. The van der Waals surface area contributed by atoms with Crippen LogP contribution in [0.15, 0.2) is 32.9 Å². The summed E-state index contributed by atoms with van der Waals surface area (Å²) >= 11 is 4.73. The quantitative estimate of drug-likeness (QED) is 0.654. The molecule has 0 saturated carbocycles. The molecule has 1 aromatic carbocycles. The van der Waals surface area contributed by atoms with Gasteiger partial charge in [0.05, 0.1) is 5.25 Å². The maximum atomic E-state index is 11.3. The average Bonchev–Trinajstić information content (AvgIpc) is 2.93. The molecule has 0 aliphatic heterocycles. The van der Waals surface area contributed by atoms with E-state index >= 15 is 0 Å². The zero-order chi connectivity index (χ0) is 16.1. The molecule has 6 heteroatoms. The Bertz CT molecular complexity index is 623. The standard InChI is InChI=1S/C16H20N2OS3/c1-10(2)14-7-5-13(6-8-14)9-20-15-17-18-16(22-15)21-12(4)11(3)19/h5-8,10,12H,9H2,1-4H3. The number of hydrogen-bond donors (Lipinski definition) is 0. The van der Waals surface area contributed by atoms with E-state index in [1.165, 1.54) is 22.9 Å². The van der Waals surface area contributed by atoms with Gasteiger partial charge in [0, 0.05) is 5.75 Å². The van der Waals surface area contributed by atoms with Crippen LogP contribution in [0.4, 0.5) is 0 Å². The molecule has 0 fully saturated rings. The molecule has 22 heavy (non-hydrogen) atoms. The van der Waals surface area contributed by atoms with Crippen LogP contribution < -0.4 is 0 Å². The lowest BCUT2D eigenvalue weighted by atomic mass is 10.0. The molecule has 0 amide bonds. The van der Waals surface area contributed by atoms with Crippen molar-refractivity contribution in [3.8, 4) is 0 Å². The molecule has 3 nitrogen and oxygen atoms in total. The van der Waals surface area contributed by atoms with Gasteiger partial charge in [0.15, 0.2) is 8.68 Å². The van der Waals surface area contributed by atoms with Crippen molar-refractivity contribution in [2.45, 2.75) is 53.3 Å². The van der Waals surface area contributed by atoms with Crippen molar-refractivity contribution in [3.63, 3.8) is 0 Å². The molecule has 0 radical (unpaired) electrons. The van der Waals surface area contributed by atoms with Crippen LogP contribution in [-0.4, -0.2) is 21.2 Å². The fraction of sp³-hybridized carbons (Fsp3) is 0.438. The number of hydrogen-bond acceptors (Lipinski definition) is 6. The Morgan fingerprint density at radius 2 is 1.77 bits per heavy atom. The third kappa shape index (κ3) is 5.11. The Kier molecular flexibility index (Phi) is 6.47. The van der Waals surface area contributed by atoms with Gasteiger partial charge in [0.2, 0.25) is 0 Å². The number of Topliss-reactive ketones (excluding diaryl/α,β-unsaturated/α-hetero) is 1. The molecule has 0 bridgehead atoms.